The summed E-state index contributed by atoms with van der Waals surface area (Å²) in [6.07, 6.45) is 2.67. The molecule has 204 valence electrons. The molecule has 0 bridgehead atoms. The topological polar surface area (TPSA) is 77.4 Å². The van der Waals surface area contributed by atoms with E-state index in [1.807, 2.05) is 12.1 Å². The molecule has 2 aromatic carbocycles. The predicted octanol–water partition coefficient (Wildman–Crippen LogP) is 5.99. The molecule has 2 heterocycles. The van der Waals surface area contributed by atoms with Crippen LogP contribution in [-0.4, -0.2) is 49.2 Å². The summed E-state index contributed by atoms with van der Waals surface area (Å²) >= 11 is 0. The molecule has 6 nitrogen and oxygen atoms in total. The van der Waals surface area contributed by atoms with Crippen molar-refractivity contribution in [2.24, 2.45) is 5.41 Å². The first-order valence-corrected chi connectivity index (χ1v) is 13.5. The molecule has 2 saturated heterocycles. The van der Waals surface area contributed by atoms with E-state index in [-0.39, 0.29) is 28.8 Å². The Morgan fingerprint density at radius 2 is 1.00 bits per heavy atom. The van der Waals surface area contributed by atoms with E-state index in [0.29, 0.717) is 37.9 Å². The van der Waals surface area contributed by atoms with Crippen LogP contribution in [0.25, 0.3) is 0 Å². The van der Waals surface area contributed by atoms with E-state index < -0.39 is 0 Å². The normalized spacial score (nSPS) is 24.9. The Kier molecular flexibility index (Phi) is 8.25. The fourth-order valence-electron chi connectivity index (χ4n) is 5.01. The van der Waals surface area contributed by atoms with Crippen LogP contribution in [0.15, 0.2) is 36.4 Å². The van der Waals surface area contributed by atoms with Crippen LogP contribution in [0.5, 0.6) is 11.5 Å². The molecule has 2 fully saturated rings. The number of rotatable bonds is 6. The Labute approximate surface area is 221 Å². The van der Waals surface area contributed by atoms with Crippen molar-refractivity contribution < 1.29 is 29.2 Å². The molecule has 0 amide bonds. The van der Waals surface area contributed by atoms with Gasteiger partial charge in [-0.3, -0.25) is 0 Å². The lowest BCUT2D eigenvalue weighted by atomic mass is 9.85. The number of hydrogen-bond acceptors (Lipinski definition) is 6. The number of aryl methyl sites for hydroxylation is 2. The highest BCUT2D eigenvalue weighted by Gasteiger charge is 2.41. The maximum absolute atomic E-state index is 10.2. The lowest BCUT2D eigenvalue weighted by Crippen LogP contribution is -2.52. The average Bonchev–Trinajstić information content (AvgIpc) is 2.84. The molecule has 2 N–H and O–H groups in total. The van der Waals surface area contributed by atoms with Crippen LogP contribution >= 0.6 is 0 Å². The van der Waals surface area contributed by atoms with Gasteiger partial charge in [0.2, 0.25) is 0 Å². The highest BCUT2D eigenvalue weighted by Crippen LogP contribution is 2.35. The van der Waals surface area contributed by atoms with Crippen LogP contribution in [0.2, 0.25) is 0 Å². The Morgan fingerprint density at radius 3 is 1.32 bits per heavy atom. The van der Waals surface area contributed by atoms with E-state index in [9.17, 15) is 10.2 Å². The molecule has 0 radical (unpaired) electrons. The van der Waals surface area contributed by atoms with Crippen molar-refractivity contribution >= 4 is 0 Å². The third-order valence-electron chi connectivity index (χ3n) is 7.38. The molecule has 37 heavy (non-hydrogen) atoms. The monoisotopic (exact) mass is 512 g/mol. The van der Waals surface area contributed by atoms with Crippen LogP contribution in [0, 0.1) is 5.41 Å². The van der Waals surface area contributed by atoms with Crippen LogP contribution in [0.4, 0.5) is 0 Å². The summed E-state index contributed by atoms with van der Waals surface area (Å²) in [7, 11) is 0. The lowest BCUT2D eigenvalue weighted by molar-refractivity contribution is -0.303. The van der Waals surface area contributed by atoms with Gasteiger partial charge in [-0.05, 0) is 58.1 Å². The number of benzene rings is 2. The first-order valence-electron chi connectivity index (χ1n) is 13.5. The third-order valence-corrected chi connectivity index (χ3v) is 7.38. The molecule has 4 rings (SSSR count). The van der Waals surface area contributed by atoms with Crippen molar-refractivity contribution in [3.63, 3.8) is 0 Å². The summed E-state index contributed by atoms with van der Waals surface area (Å²) in [5.74, 6) is 0.688. The second kappa shape index (κ2) is 10.9. The van der Waals surface area contributed by atoms with Crippen molar-refractivity contribution in [3.05, 3.63) is 58.7 Å². The summed E-state index contributed by atoms with van der Waals surface area (Å²) in [4.78, 5) is 0. The van der Waals surface area contributed by atoms with Crippen LogP contribution < -0.4 is 0 Å². The minimum Gasteiger partial charge on any atom is -0.508 e. The van der Waals surface area contributed by atoms with Crippen molar-refractivity contribution in [1.29, 1.82) is 0 Å². The smallest absolute Gasteiger partial charge is 0.157 e. The molecule has 6 heteroatoms. The fourth-order valence-corrected chi connectivity index (χ4v) is 5.01. The van der Waals surface area contributed by atoms with Crippen molar-refractivity contribution in [1.82, 2.24) is 0 Å². The van der Waals surface area contributed by atoms with E-state index in [1.54, 1.807) is 12.1 Å². The summed E-state index contributed by atoms with van der Waals surface area (Å²) in [5.41, 5.74) is 3.78. The van der Waals surface area contributed by atoms with Crippen LogP contribution in [-0.2, 0) is 42.6 Å². The molecule has 0 aromatic heterocycles. The van der Waals surface area contributed by atoms with E-state index in [4.69, 9.17) is 18.9 Å². The number of hydrogen-bond donors (Lipinski definition) is 2. The number of phenolic OH excluding ortho intramolecular Hbond substituents is 2. The highest BCUT2D eigenvalue weighted by molar-refractivity contribution is 5.41. The van der Waals surface area contributed by atoms with E-state index in [0.717, 1.165) is 36.8 Å². The Morgan fingerprint density at radius 1 is 0.649 bits per heavy atom. The summed E-state index contributed by atoms with van der Waals surface area (Å²) in [6, 6.07) is 11.7. The average molecular weight is 513 g/mol. The zero-order valence-corrected chi connectivity index (χ0v) is 23.3. The zero-order valence-electron chi connectivity index (χ0n) is 23.3. The fraction of sp³-hybridized carbons (Fsp3) is 0.613. The van der Waals surface area contributed by atoms with Gasteiger partial charge in [0.05, 0.1) is 31.8 Å². The van der Waals surface area contributed by atoms with Crippen molar-refractivity contribution in [3.8, 4) is 11.5 Å². The van der Waals surface area contributed by atoms with Crippen molar-refractivity contribution in [2.75, 3.05) is 26.4 Å². The molecule has 2 aromatic rings. The first kappa shape index (κ1) is 27.9. The number of ether oxygens (including phenoxy) is 4. The first-order chi connectivity index (χ1) is 17.3. The van der Waals surface area contributed by atoms with Gasteiger partial charge in [-0.25, -0.2) is 0 Å². The van der Waals surface area contributed by atoms with E-state index >= 15 is 0 Å². The summed E-state index contributed by atoms with van der Waals surface area (Å²) < 4.78 is 24.3. The molecule has 2 aliphatic heterocycles. The van der Waals surface area contributed by atoms with Gasteiger partial charge in [-0.2, -0.15) is 0 Å². The van der Waals surface area contributed by atoms with Crippen LogP contribution in [0.1, 0.15) is 76.6 Å². The largest absolute Gasteiger partial charge is 0.508 e. The molecule has 1 spiro atoms. The summed E-state index contributed by atoms with van der Waals surface area (Å²) in [6.45, 7) is 14.9. The maximum atomic E-state index is 10.2. The minimum atomic E-state index is -0.261. The predicted molar refractivity (Wildman–Crippen MR) is 144 cm³/mol. The van der Waals surface area contributed by atoms with Gasteiger partial charge in [0.25, 0.3) is 0 Å². The van der Waals surface area contributed by atoms with E-state index in [2.05, 4.69) is 53.7 Å². The third kappa shape index (κ3) is 7.05. The number of aromatic hydroxyl groups is 2. The summed E-state index contributed by atoms with van der Waals surface area (Å²) in [5, 5.41) is 20.4. The van der Waals surface area contributed by atoms with Gasteiger partial charge in [0, 0.05) is 12.8 Å². The lowest BCUT2D eigenvalue weighted by Gasteiger charge is -2.43. The molecule has 2 aliphatic rings. The molecular formula is C31H44O6. The van der Waals surface area contributed by atoms with Crippen LogP contribution in [0.3, 0.4) is 0 Å². The molecule has 0 aliphatic carbocycles. The Balaban J connectivity index is 1.21. The van der Waals surface area contributed by atoms with Gasteiger partial charge in [0.1, 0.15) is 11.5 Å². The van der Waals surface area contributed by atoms with Gasteiger partial charge in [-0.1, -0.05) is 65.8 Å². The highest BCUT2D eigenvalue weighted by atomic mass is 16.7. The quantitative estimate of drug-likeness (QED) is 0.495. The molecule has 0 saturated carbocycles. The number of phenols is 2. The van der Waals surface area contributed by atoms with Crippen molar-refractivity contribution in [2.45, 2.75) is 90.6 Å². The van der Waals surface area contributed by atoms with Gasteiger partial charge < -0.3 is 29.2 Å². The van der Waals surface area contributed by atoms with Gasteiger partial charge >= 0.3 is 0 Å². The molecule has 0 atom stereocenters. The standard InChI is InChI=1S/C31H44O6/c1-29(2,3)23-15-21(7-11-25(23)32)9-13-27-34-17-31(18-35-27)19-36-28(37-20-31)14-10-22-8-12-26(33)24(16-22)30(4,5)6/h7-8,11-12,15-16,27-28,32-33H,9-10,13-14,17-20H2,1-6H3. The minimum absolute atomic E-state index is 0.109. The molecular weight excluding hydrogens is 468 g/mol. The van der Waals surface area contributed by atoms with E-state index in [1.165, 1.54) is 11.1 Å². The Hall–Kier alpha value is -2.12. The Bertz CT molecular complexity index is 959. The zero-order chi connectivity index (χ0) is 26.8. The maximum Gasteiger partial charge on any atom is 0.157 e. The molecule has 0 unspecified atom stereocenters. The van der Waals surface area contributed by atoms with Gasteiger partial charge in [0.15, 0.2) is 12.6 Å². The SMILES string of the molecule is CC(C)(C)c1cc(CCC2OCC3(CO2)COC(CCc2ccc(O)c(C(C)(C)C)c2)OC3)ccc1O. The second-order valence-electron chi connectivity index (χ2n) is 12.9. The second-order valence-corrected chi connectivity index (χ2v) is 12.9. The van der Waals surface area contributed by atoms with Gasteiger partial charge in [-0.15, -0.1) is 0 Å².